The molecule has 1 saturated heterocycles. The van der Waals surface area contributed by atoms with E-state index in [1.807, 2.05) is 6.07 Å². The first-order valence-electron chi connectivity index (χ1n) is 6.88. The molecule has 1 aliphatic heterocycles. The van der Waals surface area contributed by atoms with Gasteiger partial charge in [0, 0.05) is 5.56 Å². The molecule has 0 spiro atoms. The van der Waals surface area contributed by atoms with E-state index in [-0.39, 0.29) is 0 Å². The van der Waals surface area contributed by atoms with Gasteiger partial charge in [-0.05, 0) is 17.0 Å². The zero-order valence-electron chi connectivity index (χ0n) is 12.4. The van der Waals surface area contributed by atoms with Crippen LogP contribution in [0.4, 0.5) is 0 Å². The van der Waals surface area contributed by atoms with Crippen LogP contribution in [0.2, 0.25) is 19.6 Å². The minimum atomic E-state index is -1.03. The molecule has 1 aromatic carbocycles. The fraction of sp³-hybridized carbons (Fsp3) is 0.600. The number of hydrogen-bond donors (Lipinski definition) is 0. The third-order valence-corrected chi connectivity index (χ3v) is 10.1. The van der Waals surface area contributed by atoms with Gasteiger partial charge in [-0.15, -0.1) is 0 Å². The molecule has 1 unspecified atom stereocenters. The zero-order chi connectivity index (χ0) is 13.9. The third kappa shape index (κ3) is 4.00. The average Bonchev–Trinajstić information content (AvgIpc) is 2.37. The molecule has 0 bridgehead atoms. The lowest BCUT2D eigenvalue weighted by molar-refractivity contribution is 0.141. The lowest BCUT2D eigenvalue weighted by Crippen LogP contribution is -2.41. The summed E-state index contributed by atoms with van der Waals surface area (Å²) in [5, 5.41) is 1.93. The Morgan fingerprint density at radius 1 is 1.32 bits per heavy atom. The Morgan fingerprint density at radius 3 is 2.74 bits per heavy atom. The van der Waals surface area contributed by atoms with E-state index >= 15 is 0 Å². The summed E-state index contributed by atoms with van der Waals surface area (Å²) in [6.45, 7) is 9.19. The SMILES string of the molecule is COc1ccccc1[C@H]1COCC[S+]1C[Si](C)(C)C. The molecule has 4 heteroatoms. The number of methoxy groups -OCH3 is 1. The van der Waals surface area contributed by atoms with Gasteiger partial charge < -0.3 is 9.47 Å². The van der Waals surface area contributed by atoms with Gasteiger partial charge in [0.2, 0.25) is 0 Å². The molecule has 2 atom stereocenters. The van der Waals surface area contributed by atoms with Gasteiger partial charge in [0.05, 0.1) is 25.7 Å². The van der Waals surface area contributed by atoms with Crippen LogP contribution >= 0.6 is 0 Å². The maximum absolute atomic E-state index is 5.75. The van der Waals surface area contributed by atoms with Gasteiger partial charge in [-0.25, -0.2) is 0 Å². The maximum atomic E-state index is 5.75. The number of benzene rings is 1. The summed E-state index contributed by atoms with van der Waals surface area (Å²) in [5.74, 6) is 2.23. The largest absolute Gasteiger partial charge is 0.496 e. The molecule has 1 fully saturated rings. The minimum Gasteiger partial charge on any atom is -0.496 e. The van der Waals surface area contributed by atoms with E-state index < -0.39 is 8.07 Å². The smallest absolute Gasteiger partial charge is 0.169 e. The fourth-order valence-electron chi connectivity index (χ4n) is 2.53. The van der Waals surface area contributed by atoms with E-state index in [0.717, 1.165) is 19.0 Å². The van der Waals surface area contributed by atoms with Crippen LogP contribution in [0.15, 0.2) is 24.3 Å². The Bertz CT molecular complexity index is 417. The van der Waals surface area contributed by atoms with Gasteiger partial charge >= 0.3 is 0 Å². The molecule has 106 valence electrons. The number of ether oxygens (including phenoxy) is 2. The molecule has 2 nitrogen and oxygen atoms in total. The minimum absolute atomic E-state index is 0.442. The highest BCUT2D eigenvalue weighted by Crippen LogP contribution is 2.35. The third-order valence-electron chi connectivity index (χ3n) is 3.27. The average molecular weight is 298 g/mol. The van der Waals surface area contributed by atoms with Crippen molar-refractivity contribution in [2.24, 2.45) is 0 Å². The normalized spacial score (nSPS) is 24.2. The molecule has 1 aliphatic rings. The first-order chi connectivity index (χ1) is 9.01. The Morgan fingerprint density at radius 2 is 2.05 bits per heavy atom. The highest BCUT2D eigenvalue weighted by atomic mass is 32.2. The van der Waals surface area contributed by atoms with Gasteiger partial charge in [0.1, 0.15) is 19.6 Å². The van der Waals surface area contributed by atoms with Crippen LogP contribution in [0, 0.1) is 0 Å². The van der Waals surface area contributed by atoms with Crippen molar-refractivity contribution in [1.82, 2.24) is 0 Å². The van der Waals surface area contributed by atoms with Gasteiger partial charge in [0.25, 0.3) is 0 Å². The van der Waals surface area contributed by atoms with Crippen LogP contribution in [-0.2, 0) is 15.6 Å². The summed E-state index contributed by atoms with van der Waals surface area (Å²) in [5.41, 5.74) is 1.34. The summed E-state index contributed by atoms with van der Waals surface area (Å²) >= 11 is 0. The van der Waals surface area contributed by atoms with Crippen LogP contribution < -0.4 is 4.74 Å². The van der Waals surface area contributed by atoms with E-state index in [4.69, 9.17) is 9.47 Å². The first-order valence-corrected chi connectivity index (χ1v) is 12.2. The predicted molar refractivity (Wildman–Crippen MR) is 87.0 cm³/mol. The molecule has 19 heavy (non-hydrogen) atoms. The van der Waals surface area contributed by atoms with Crippen molar-refractivity contribution in [2.75, 3.05) is 31.5 Å². The Balaban J connectivity index is 2.23. The van der Waals surface area contributed by atoms with Crippen molar-refractivity contribution in [3.8, 4) is 5.75 Å². The summed E-state index contributed by atoms with van der Waals surface area (Å²) in [7, 11) is 1.17. The number of para-hydroxylation sites is 1. The summed E-state index contributed by atoms with van der Waals surface area (Å²) in [6.07, 6.45) is 0. The van der Waals surface area contributed by atoms with E-state index in [9.17, 15) is 0 Å². The van der Waals surface area contributed by atoms with Crippen LogP contribution in [0.3, 0.4) is 0 Å². The fourth-order valence-corrected chi connectivity index (χ4v) is 9.82. The Kier molecular flexibility index (Phi) is 4.98. The highest BCUT2D eigenvalue weighted by molar-refractivity contribution is 7.98. The highest BCUT2D eigenvalue weighted by Gasteiger charge is 2.40. The van der Waals surface area contributed by atoms with Crippen LogP contribution in [-0.4, -0.2) is 39.5 Å². The molecule has 0 N–H and O–H groups in total. The standard InChI is InChI=1S/C15H25O2SSi/c1-16-14-8-6-5-7-13(14)15-11-17-9-10-18(15)12-19(2,3)4/h5-8,15H,9-12H2,1-4H3/q+1/t15-,18?/m1/s1. The summed E-state index contributed by atoms with van der Waals surface area (Å²) in [6, 6.07) is 8.44. The van der Waals surface area contributed by atoms with Crippen LogP contribution in [0.25, 0.3) is 0 Å². The Labute approximate surface area is 120 Å². The second-order valence-electron chi connectivity index (χ2n) is 6.25. The molecule has 1 heterocycles. The van der Waals surface area contributed by atoms with Gasteiger partial charge in [-0.3, -0.25) is 0 Å². The molecular weight excluding hydrogens is 272 g/mol. The Hall–Kier alpha value is -0.453. The second-order valence-corrected chi connectivity index (χ2v) is 14.6. The second kappa shape index (κ2) is 6.33. The number of rotatable bonds is 4. The van der Waals surface area contributed by atoms with Gasteiger partial charge in [-0.2, -0.15) is 0 Å². The number of hydrogen-bond acceptors (Lipinski definition) is 2. The molecule has 0 radical (unpaired) electrons. The topological polar surface area (TPSA) is 18.5 Å². The van der Waals surface area contributed by atoms with Crippen LogP contribution in [0.1, 0.15) is 10.8 Å². The van der Waals surface area contributed by atoms with Crippen molar-refractivity contribution in [3.63, 3.8) is 0 Å². The summed E-state index contributed by atoms with van der Waals surface area (Å²) < 4.78 is 11.3. The van der Waals surface area contributed by atoms with E-state index in [2.05, 4.69) is 37.8 Å². The quantitative estimate of drug-likeness (QED) is 0.627. The molecular formula is C15H25O2SSi+. The predicted octanol–water partition coefficient (Wildman–Crippen LogP) is 3.26. The van der Waals surface area contributed by atoms with Gasteiger partial charge in [0.15, 0.2) is 5.25 Å². The molecule has 0 saturated carbocycles. The lowest BCUT2D eigenvalue weighted by Gasteiger charge is -2.28. The van der Waals surface area contributed by atoms with E-state index in [1.54, 1.807) is 7.11 Å². The van der Waals surface area contributed by atoms with Crippen molar-refractivity contribution in [2.45, 2.75) is 24.9 Å². The summed E-state index contributed by atoms with van der Waals surface area (Å²) in [4.78, 5) is 0. The maximum Gasteiger partial charge on any atom is 0.169 e. The molecule has 2 rings (SSSR count). The first kappa shape index (κ1) is 14.9. The molecule has 1 aromatic rings. The van der Waals surface area contributed by atoms with Crippen molar-refractivity contribution in [3.05, 3.63) is 29.8 Å². The molecule has 0 amide bonds. The van der Waals surface area contributed by atoms with Gasteiger partial charge in [-0.1, -0.05) is 37.8 Å². The monoisotopic (exact) mass is 297 g/mol. The molecule has 0 aliphatic carbocycles. The lowest BCUT2D eigenvalue weighted by atomic mass is 10.1. The van der Waals surface area contributed by atoms with Crippen molar-refractivity contribution >= 4 is 19.0 Å². The zero-order valence-corrected chi connectivity index (χ0v) is 14.3. The van der Waals surface area contributed by atoms with E-state index in [1.165, 1.54) is 16.7 Å². The van der Waals surface area contributed by atoms with Crippen molar-refractivity contribution < 1.29 is 9.47 Å². The molecule has 0 aromatic heterocycles. The van der Waals surface area contributed by atoms with Crippen molar-refractivity contribution in [1.29, 1.82) is 0 Å². The van der Waals surface area contributed by atoms with Crippen LogP contribution in [0.5, 0.6) is 5.75 Å². The van der Waals surface area contributed by atoms with E-state index in [0.29, 0.717) is 16.1 Å².